The summed E-state index contributed by atoms with van der Waals surface area (Å²) >= 11 is 0. The monoisotopic (exact) mass is 176 g/mol. The Morgan fingerprint density at radius 3 is 2.85 bits per heavy atom. The first-order valence-electron chi connectivity index (χ1n) is 4.28. The lowest BCUT2D eigenvalue weighted by Gasteiger charge is -2.05. The third-order valence-corrected chi connectivity index (χ3v) is 2.42. The van der Waals surface area contributed by atoms with Crippen LogP contribution in [0.4, 0.5) is 0 Å². The molecule has 0 N–H and O–H groups in total. The van der Waals surface area contributed by atoms with Crippen LogP contribution in [-0.4, -0.2) is 18.7 Å². The quantitative estimate of drug-likeness (QED) is 0.478. The predicted molar refractivity (Wildman–Crippen MR) is 44.3 cm³/mol. The lowest BCUT2D eigenvalue weighted by Crippen LogP contribution is -2.05. The van der Waals surface area contributed by atoms with E-state index in [0.29, 0.717) is 12.2 Å². The summed E-state index contributed by atoms with van der Waals surface area (Å²) < 4.78 is 10.3. The first-order chi connectivity index (χ1) is 6.36. The summed E-state index contributed by atoms with van der Waals surface area (Å²) in [5.41, 5.74) is 1.65. The number of carbonyl (C=O) groups is 1. The molecule has 66 valence electrons. The van der Waals surface area contributed by atoms with Gasteiger partial charge in [-0.15, -0.1) is 0 Å². The van der Waals surface area contributed by atoms with E-state index in [1.807, 2.05) is 18.2 Å². The van der Waals surface area contributed by atoms with Crippen molar-refractivity contribution >= 4 is 5.97 Å². The molecule has 1 saturated heterocycles. The van der Waals surface area contributed by atoms with Crippen LogP contribution in [0.3, 0.4) is 0 Å². The summed E-state index contributed by atoms with van der Waals surface area (Å²) in [6.45, 7) is 0.701. The van der Waals surface area contributed by atoms with E-state index < -0.39 is 0 Å². The zero-order valence-electron chi connectivity index (χ0n) is 6.90. The van der Waals surface area contributed by atoms with E-state index in [2.05, 4.69) is 0 Å². The van der Waals surface area contributed by atoms with Crippen molar-refractivity contribution in [3.63, 3.8) is 0 Å². The van der Waals surface area contributed by atoms with Gasteiger partial charge >= 0.3 is 5.97 Å². The van der Waals surface area contributed by atoms with Crippen molar-refractivity contribution < 1.29 is 14.3 Å². The molecule has 2 aliphatic rings. The molecule has 0 bridgehead atoms. The largest absolute Gasteiger partial charge is 0.451 e. The van der Waals surface area contributed by atoms with Crippen molar-refractivity contribution in [2.45, 2.75) is 12.2 Å². The second-order valence-corrected chi connectivity index (χ2v) is 3.28. The highest BCUT2D eigenvalue weighted by atomic mass is 16.6. The molecule has 2 aliphatic heterocycles. The third kappa shape index (κ3) is 0.971. The summed E-state index contributed by atoms with van der Waals surface area (Å²) in [4.78, 5) is 11.3. The van der Waals surface area contributed by atoms with Crippen LogP contribution < -0.4 is 0 Å². The average Bonchev–Trinajstić information content (AvgIpc) is 2.94. The molecule has 0 aliphatic carbocycles. The predicted octanol–water partition coefficient (Wildman–Crippen LogP) is 1.30. The van der Waals surface area contributed by atoms with Gasteiger partial charge in [-0.1, -0.05) is 18.2 Å². The molecule has 0 aromatic heterocycles. The minimum atomic E-state index is -0.226. The van der Waals surface area contributed by atoms with Crippen LogP contribution in [0, 0.1) is 0 Å². The highest BCUT2D eigenvalue weighted by Crippen LogP contribution is 2.38. The van der Waals surface area contributed by atoms with Crippen molar-refractivity contribution in [1.82, 2.24) is 0 Å². The minimum absolute atomic E-state index is 0.0904. The molecule has 1 aromatic rings. The number of esters is 1. The smallest absolute Gasteiger partial charge is 0.339 e. The van der Waals surface area contributed by atoms with Gasteiger partial charge in [0.1, 0.15) is 6.10 Å². The Balaban J connectivity index is 2.08. The molecular weight excluding hydrogens is 168 g/mol. The third-order valence-electron chi connectivity index (χ3n) is 2.42. The van der Waals surface area contributed by atoms with Gasteiger partial charge in [0.25, 0.3) is 0 Å². The van der Waals surface area contributed by atoms with Gasteiger partial charge in [-0.3, -0.25) is 0 Å². The van der Waals surface area contributed by atoms with Gasteiger partial charge in [-0.2, -0.15) is 0 Å². The normalized spacial score (nSPS) is 29.7. The first kappa shape index (κ1) is 7.09. The molecule has 0 amide bonds. The SMILES string of the molecule is O=C1OC([C@H]2CO2)c2ccccc21. The second-order valence-electron chi connectivity index (χ2n) is 3.28. The fourth-order valence-electron chi connectivity index (χ4n) is 1.68. The van der Waals surface area contributed by atoms with Gasteiger partial charge in [0.15, 0.2) is 6.10 Å². The van der Waals surface area contributed by atoms with Crippen molar-refractivity contribution in [3.05, 3.63) is 35.4 Å². The summed E-state index contributed by atoms with van der Waals surface area (Å²) in [5, 5.41) is 0. The molecular formula is C10H8O3. The summed E-state index contributed by atoms with van der Waals surface area (Å²) in [7, 11) is 0. The van der Waals surface area contributed by atoms with Crippen molar-refractivity contribution in [2.24, 2.45) is 0 Å². The van der Waals surface area contributed by atoms with Crippen LogP contribution in [0.25, 0.3) is 0 Å². The zero-order valence-corrected chi connectivity index (χ0v) is 6.90. The zero-order chi connectivity index (χ0) is 8.84. The van der Waals surface area contributed by atoms with Crippen LogP contribution in [-0.2, 0) is 9.47 Å². The number of ether oxygens (including phenoxy) is 2. The Bertz CT molecular complexity index is 368. The van der Waals surface area contributed by atoms with Gasteiger partial charge in [0.2, 0.25) is 0 Å². The van der Waals surface area contributed by atoms with E-state index in [0.717, 1.165) is 5.56 Å². The summed E-state index contributed by atoms with van der Waals surface area (Å²) in [5.74, 6) is -0.226. The lowest BCUT2D eigenvalue weighted by molar-refractivity contribution is 0.0321. The van der Waals surface area contributed by atoms with Crippen LogP contribution in [0.2, 0.25) is 0 Å². The summed E-state index contributed by atoms with van der Waals surface area (Å²) in [6.07, 6.45) is -0.0729. The summed E-state index contributed by atoms with van der Waals surface area (Å²) in [6, 6.07) is 7.47. The van der Waals surface area contributed by atoms with E-state index in [-0.39, 0.29) is 18.2 Å². The molecule has 0 saturated carbocycles. The van der Waals surface area contributed by atoms with E-state index in [1.165, 1.54) is 0 Å². The molecule has 1 unspecified atom stereocenters. The average molecular weight is 176 g/mol. The van der Waals surface area contributed by atoms with Crippen molar-refractivity contribution in [2.75, 3.05) is 6.61 Å². The maximum atomic E-state index is 11.3. The standard InChI is InChI=1S/C10H8O3/c11-10-7-4-2-1-3-6(7)9(13-10)8-5-12-8/h1-4,8-9H,5H2/t8-,9?/m1/s1. The molecule has 2 heterocycles. The molecule has 2 atom stereocenters. The number of hydrogen-bond donors (Lipinski definition) is 0. The number of hydrogen-bond acceptors (Lipinski definition) is 3. The number of cyclic esters (lactones) is 1. The number of carbonyl (C=O) groups excluding carboxylic acids is 1. The van der Waals surface area contributed by atoms with Crippen molar-refractivity contribution in [1.29, 1.82) is 0 Å². The van der Waals surface area contributed by atoms with Crippen LogP contribution >= 0.6 is 0 Å². The molecule has 3 heteroatoms. The fraction of sp³-hybridized carbons (Fsp3) is 0.300. The number of rotatable bonds is 1. The number of benzene rings is 1. The second kappa shape index (κ2) is 2.33. The number of fused-ring (bicyclic) bond motifs is 1. The Kier molecular flexibility index (Phi) is 1.27. The fourth-order valence-corrected chi connectivity index (χ4v) is 1.68. The molecule has 13 heavy (non-hydrogen) atoms. The molecule has 0 radical (unpaired) electrons. The van der Waals surface area contributed by atoms with Gasteiger partial charge in [-0.25, -0.2) is 4.79 Å². The van der Waals surface area contributed by atoms with Crippen molar-refractivity contribution in [3.8, 4) is 0 Å². The first-order valence-corrected chi connectivity index (χ1v) is 4.28. The molecule has 0 spiro atoms. The molecule has 3 rings (SSSR count). The van der Waals surface area contributed by atoms with Gasteiger partial charge in [0.05, 0.1) is 12.2 Å². The van der Waals surface area contributed by atoms with Crippen LogP contribution in [0.15, 0.2) is 24.3 Å². The maximum absolute atomic E-state index is 11.3. The van der Waals surface area contributed by atoms with E-state index in [1.54, 1.807) is 6.07 Å². The molecule has 1 aromatic carbocycles. The Morgan fingerprint density at radius 2 is 2.08 bits per heavy atom. The molecule has 3 nitrogen and oxygen atoms in total. The van der Waals surface area contributed by atoms with Gasteiger partial charge < -0.3 is 9.47 Å². The topological polar surface area (TPSA) is 38.8 Å². The highest BCUT2D eigenvalue weighted by molar-refractivity contribution is 5.94. The Morgan fingerprint density at radius 1 is 1.31 bits per heavy atom. The maximum Gasteiger partial charge on any atom is 0.339 e. The minimum Gasteiger partial charge on any atom is -0.451 e. The van der Waals surface area contributed by atoms with Crippen LogP contribution in [0.1, 0.15) is 22.0 Å². The lowest BCUT2D eigenvalue weighted by atomic mass is 10.0. The Hall–Kier alpha value is -1.35. The highest BCUT2D eigenvalue weighted by Gasteiger charge is 2.42. The molecule has 1 fully saturated rings. The number of epoxide rings is 1. The van der Waals surface area contributed by atoms with Crippen LogP contribution in [0.5, 0.6) is 0 Å². The van der Waals surface area contributed by atoms with Gasteiger partial charge in [0, 0.05) is 5.56 Å². The Labute approximate surface area is 75.3 Å². The van der Waals surface area contributed by atoms with E-state index >= 15 is 0 Å². The van der Waals surface area contributed by atoms with E-state index in [4.69, 9.17) is 9.47 Å². The van der Waals surface area contributed by atoms with Gasteiger partial charge in [-0.05, 0) is 6.07 Å². The van der Waals surface area contributed by atoms with E-state index in [9.17, 15) is 4.79 Å².